The van der Waals surface area contributed by atoms with Crippen LogP contribution in [0.4, 0.5) is 0 Å². The second-order valence-corrected chi connectivity index (χ2v) is 14.2. The Morgan fingerprint density at radius 3 is 0.593 bits per heavy atom. The summed E-state index contributed by atoms with van der Waals surface area (Å²) >= 11 is 2.60. The zero-order valence-corrected chi connectivity index (χ0v) is 40.8. The van der Waals surface area contributed by atoms with Crippen molar-refractivity contribution in [3.8, 4) is 0 Å². The molecule has 0 bridgehead atoms. The minimum atomic E-state index is 0. The van der Waals surface area contributed by atoms with E-state index in [1.807, 2.05) is 0 Å². The number of fused-ring (bicyclic) bond motifs is 4. The van der Waals surface area contributed by atoms with Crippen LogP contribution in [0, 0.1) is 83.1 Å². The largest absolute Gasteiger partial charge is 1.00 e. The Morgan fingerprint density at radius 1 is 0.296 bits per heavy atom. The van der Waals surface area contributed by atoms with Crippen molar-refractivity contribution in [3.05, 3.63) is 164 Å². The van der Waals surface area contributed by atoms with Gasteiger partial charge in [-0.25, -0.2) is 0 Å². The van der Waals surface area contributed by atoms with E-state index in [9.17, 15) is 0 Å². The molecule has 0 aliphatic rings. The third-order valence-corrected chi connectivity index (χ3v) is 9.87. The minimum absolute atomic E-state index is 0. The third kappa shape index (κ3) is 12.2. The van der Waals surface area contributed by atoms with E-state index in [1.165, 1.54) is 158 Å². The van der Waals surface area contributed by atoms with Crippen LogP contribution < -0.4 is 24.8 Å². The van der Waals surface area contributed by atoms with Crippen molar-refractivity contribution in [1.29, 1.82) is 0 Å². The quantitative estimate of drug-likeness (QED) is 0.136. The molecule has 0 heterocycles. The van der Waals surface area contributed by atoms with E-state index in [0.717, 1.165) is 0 Å². The van der Waals surface area contributed by atoms with E-state index >= 15 is 0 Å². The summed E-state index contributed by atoms with van der Waals surface area (Å²) in [5.41, 5.74) is 16.5. The van der Waals surface area contributed by atoms with Crippen LogP contribution in [0.2, 0.25) is 0 Å². The smallest absolute Gasteiger partial charge is 1.00 e. The number of rotatable bonds is 0. The molecule has 0 aliphatic heterocycles. The summed E-state index contributed by atoms with van der Waals surface area (Å²) in [5, 5.41) is 11.3. The molecule has 8 aromatic rings. The number of hydrogen-bond donors (Lipinski definition) is 0. The minimum Gasteiger partial charge on any atom is -1.00 e. The van der Waals surface area contributed by atoms with Crippen LogP contribution in [-0.2, 0) is 48.5 Å². The van der Waals surface area contributed by atoms with Crippen LogP contribution >= 0.6 is 0 Å². The molecule has 0 amide bonds. The Balaban J connectivity index is 0.000000345. The Morgan fingerprint density at radius 2 is 0.444 bits per heavy atom. The fourth-order valence-electron chi connectivity index (χ4n) is 6.94. The molecule has 0 atom stereocenters. The topological polar surface area (TPSA) is 0 Å². The third-order valence-electron chi connectivity index (χ3n) is 9.87. The molecule has 0 N–H and O–H groups in total. The molecule has 54 heavy (non-hydrogen) atoms. The van der Waals surface area contributed by atoms with Gasteiger partial charge in [0.05, 0.1) is 0 Å². The molecule has 8 rings (SSSR count). The second kappa shape index (κ2) is 22.8. The number of aryl methyl sites for hydroxylation is 12. The zero-order chi connectivity index (χ0) is 38.9. The second-order valence-electron chi connectivity index (χ2n) is 14.2. The predicted octanol–water partition coefficient (Wildman–Crippen LogP) is 7.87. The zero-order valence-electron chi connectivity index (χ0n) is 34.4. The molecule has 8 aromatic carbocycles. The molecule has 0 saturated heterocycles. The molecular formula is C50H56Cl2Zr2-2. The van der Waals surface area contributed by atoms with E-state index in [-0.39, 0.29) is 24.8 Å². The van der Waals surface area contributed by atoms with Gasteiger partial charge < -0.3 is 24.8 Å². The average molecular weight is 910 g/mol. The number of benzene rings is 4. The molecule has 0 aliphatic carbocycles. The molecule has 0 aromatic heterocycles. The van der Waals surface area contributed by atoms with Gasteiger partial charge in [-0.05, 0) is 27.7 Å². The Labute approximate surface area is 368 Å². The summed E-state index contributed by atoms with van der Waals surface area (Å²) in [4.78, 5) is 0. The van der Waals surface area contributed by atoms with Gasteiger partial charge in [-0.3, -0.25) is 0 Å². The van der Waals surface area contributed by atoms with Gasteiger partial charge >= 0.3 is 56.9 Å². The molecule has 0 radical (unpaired) electrons. The summed E-state index contributed by atoms with van der Waals surface area (Å²) in [5.74, 6) is 0. The van der Waals surface area contributed by atoms with Crippen molar-refractivity contribution in [2.75, 3.05) is 0 Å². The van der Waals surface area contributed by atoms with Gasteiger partial charge in [-0.15, -0.1) is 136 Å². The van der Waals surface area contributed by atoms with Crippen LogP contribution in [0.3, 0.4) is 0 Å². The van der Waals surface area contributed by atoms with Crippen molar-refractivity contribution in [1.82, 2.24) is 0 Å². The predicted molar refractivity (Wildman–Crippen MR) is 229 cm³/mol. The summed E-state index contributed by atoms with van der Waals surface area (Å²) < 4.78 is 6.68. The molecule has 0 spiro atoms. The first-order chi connectivity index (χ1) is 24.7. The van der Waals surface area contributed by atoms with Crippen molar-refractivity contribution >= 4 is 51.5 Å². The average Bonchev–Trinajstić information content (AvgIpc) is 3.93. The number of halogens is 2. The maximum absolute atomic E-state index is 3.34. The van der Waals surface area contributed by atoms with Gasteiger partial charge in [-0.1, -0.05) is 102 Å². The van der Waals surface area contributed by atoms with Crippen molar-refractivity contribution in [2.45, 2.75) is 83.1 Å². The molecule has 0 nitrogen and oxygen atoms in total. The van der Waals surface area contributed by atoms with Crippen molar-refractivity contribution in [3.63, 3.8) is 0 Å². The fraction of sp³-hybridized carbons (Fsp3) is 0.240. The van der Waals surface area contributed by atoms with E-state index in [4.69, 9.17) is 0 Å². The monoisotopic (exact) mass is 906 g/mol. The first kappa shape index (κ1) is 49.4. The van der Waals surface area contributed by atoms with E-state index < -0.39 is 0 Å². The maximum Gasteiger partial charge on any atom is -1.00 e. The summed E-state index contributed by atoms with van der Waals surface area (Å²) in [6, 6.07) is 35.6. The first-order valence-electron chi connectivity index (χ1n) is 18.0. The Bertz CT molecular complexity index is 1910. The molecule has 0 fully saturated rings. The molecule has 0 unspecified atom stereocenters. The van der Waals surface area contributed by atoms with E-state index in [0.29, 0.717) is 0 Å². The Hall–Kier alpha value is -2.59. The van der Waals surface area contributed by atoms with Gasteiger partial charge in [0.1, 0.15) is 0 Å². The summed E-state index contributed by atoms with van der Waals surface area (Å²) in [6.07, 6.45) is 0. The van der Waals surface area contributed by atoms with Gasteiger partial charge in [0, 0.05) is 0 Å². The van der Waals surface area contributed by atoms with Crippen LogP contribution in [0.1, 0.15) is 66.8 Å². The van der Waals surface area contributed by atoms with Gasteiger partial charge in [0.15, 0.2) is 0 Å². The van der Waals surface area contributed by atoms with Gasteiger partial charge in [-0.2, -0.15) is 24.3 Å². The maximum atomic E-state index is 3.34. The van der Waals surface area contributed by atoms with Crippen LogP contribution in [0.5, 0.6) is 0 Å². The van der Waals surface area contributed by atoms with Crippen molar-refractivity contribution < 1.29 is 73.3 Å². The molecule has 0 saturated carbocycles. The standard InChI is InChI=1S/4C12H13.2CH2.2ClH.2Zr/c4*1-8-6-11-9(2)4-5-10(3)12(11)7-8;;;;;;/h4*4-7H,1-3H3;2*1H2;2*1H;;/q4*-1;;;;;2*+2/p-2. The normalized spacial score (nSPS) is 9.93. The molecular weight excluding hydrogens is 854 g/mol. The number of hydrogen-bond acceptors (Lipinski definition) is 0. The van der Waals surface area contributed by atoms with E-state index in [2.05, 4.69) is 189 Å². The molecule has 4 heteroatoms. The summed E-state index contributed by atoms with van der Waals surface area (Å²) in [7, 11) is 0. The fourth-order valence-corrected chi connectivity index (χ4v) is 6.94. The SMILES string of the molecule is Cc1cc2c(C)ccc(C)c2[cH-]1.Cc1cc2c(C)ccc(C)c2[cH-]1.Cc1cc2c(C)ccc(C)c2[cH-]1.Cc1cc2c(C)ccc(C)c2[cH-]1.[CH2]=[Zr+2].[CH2]=[Zr+2].[Cl-].[Cl-]. The Kier molecular flexibility index (Phi) is 20.9. The van der Waals surface area contributed by atoms with Crippen LogP contribution in [-0.4, -0.2) is 8.42 Å². The van der Waals surface area contributed by atoms with Gasteiger partial charge in [0.25, 0.3) is 0 Å². The van der Waals surface area contributed by atoms with Crippen LogP contribution in [0.15, 0.2) is 97.1 Å². The van der Waals surface area contributed by atoms with Crippen LogP contribution in [0.25, 0.3) is 43.1 Å². The van der Waals surface area contributed by atoms with E-state index in [1.54, 1.807) is 0 Å². The summed E-state index contributed by atoms with van der Waals surface area (Å²) in [6.45, 7) is 25.9. The first-order valence-corrected chi connectivity index (χ1v) is 21.4. The molecule has 280 valence electrons. The van der Waals surface area contributed by atoms with Gasteiger partial charge in [0.2, 0.25) is 0 Å². The van der Waals surface area contributed by atoms with Crippen molar-refractivity contribution in [2.24, 2.45) is 0 Å².